The number of benzene rings is 1. The molecule has 1 aromatic carbocycles. The molecule has 0 aliphatic heterocycles. The Hall–Kier alpha value is -3.29. The maximum absolute atomic E-state index is 12.9. The zero-order valence-electron chi connectivity index (χ0n) is 14.6. The number of nitrogens with one attached hydrogen (secondary N) is 1. The van der Waals surface area contributed by atoms with Crippen molar-refractivity contribution in [2.45, 2.75) is 19.9 Å². The summed E-state index contributed by atoms with van der Waals surface area (Å²) in [5.74, 6) is 0.294. The quantitative estimate of drug-likeness (QED) is 0.401. The number of anilines is 1. The van der Waals surface area contributed by atoms with E-state index >= 15 is 0 Å². The van der Waals surface area contributed by atoms with Crippen molar-refractivity contribution < 1.29 is 9.13 Å². The Morgan fingerprint density at radius 1 is 1.27 bits per heavy atom. The number of nitrogens with zero attached hydrogens (tertiary/aromatic N) is 5. The smallest absolute Gasteiger partial charge is 0.163 e. The molecule has 0 radical (unpaired) electrons. The van der Waals surface area contributed by atoms with Gasteiger partial charge in [0.05, 0.1) is 37.2 Å². The van der Waals surface area contributed by atoms with E-state index in [1.54, 1.807) is 36.4 Å². The number of allylic oxidation sites excluding steroid dienone is 1. The second-order valence-electron chi connectivity index (χ2n) is 5.43. The predicted molar refractivity (Wildman–Crippen MR) is 98.5 cm³/mol. The van der Waals surface area contributed by atoms with Gasteiger partial charge in [0.1, 0.15) is 12.1 Å². The highest BCUT2D eigenvalue weighted by atomic mass is 19.1. The lowest BCUT2D eigenvalue weighted by atomic mass is 10.2. The summed E-state index contributed by atoms with van der Waals surface area (Å²) in [7, 11) is 1.60. The van der Waals surface area contributed by atoms with Crippen molar-refractivity contribution in [2.24, 2.45) is 5.10 Å². The summed E-state index contributed by atoms with van der Waals surface area (Å²) in [6.07, 6.45) is 7.27. The van der Waals surface area contributed by atoms with Crippen LogP contribution in [0.3, 0.4) is 0 Å². The molecule has 0 saturated heterocycles. The van der Waals surface area contributed by atoms with Crippen LogP contribution in [-0.2, 0) is 17.7 Å². The Balaban J connectivity index is 1.88. The number of ether oxygens (including phenoxy) is 1. The normalized spacial score (nSPS) is 11.7. The van der Waals surface area contributed by atoms with Crippen molar-refractivity contribution in [2.75, 3.05) is 12.5 Å². The molecule has 7 nitrogen and oxygen atoms in total. The van der Waals surface area contributed by atoms with Crippen LogP contribution in [0, 0.1) is 5.82 Å². The molecule has 0 amide bonds. The van der Waals surface area contributed by atoms with E-state index in [1.165, 1.54) is 18.5 Å². The number of methoxy groups -OCH3 is 1. The summed E-state index contributed by atoms with van der Waals surface area (Å²) in [5.41, 5.74) is 5.31. The van der Waals surface area contributed by atoms with Gasteiger partial charge < -0.3 is 4.74 Å². The van der Waals surface area contributed by atoms with E-state index in [2.05, 4.69) is 25.6 Å². The molecule has 0 saturated carbocycles. The first-order valence-corrected chi connectivity index (χ1v) is 8.15. The van der Waals surface area contributed by atoms with Crippen molar-refractivity contribution in [3.8, 4) is 0 Å². The van der Waals surface area contributed by atoms with Crippen molar-refractivity contribution in [1.29, 1.82) is 0 Å². The van der Waals surface area contributed by atoms with E-state index in [-0.39, 0.29) is 5.82 Å². The van der Waals surface area contributed by atoms with Crippen molar-refractivity contribution in [3.63, 3.8) is 0 Å². The number of halogens is 1. The van der Waals surface area contributed by atoms with E-state index in [4.69, 9.17) is 4.74 Å². The first kappa shape index (κ1) is 17.5. The molecular weight excluding hydrogens is 335 g/mol. The van der Waals surface area contributed by atoms with E-state index in [1.807, 2.05) is 13.0 Å². The molecule has 0 aliphatic carbocycles. The summed E-state index contributed by atoms with van der Waals surface area (Å²) in [6.45, 7) is 2.56. The standard InChI is InChI=1S/C18H19FN6O/c1-3-15-16-17(23-22-11-13-5-7-14(19)8-6-13)20-12-21-18(16)25(24-15)9-4-10-26-2/h4-8,10-12H,3,9H2,1-2H3,(H,20,21,23)/b10-4+,22-11+. The lowest BCUT2D eigenvalue weighted by Crippen LogP contribution is -2.00. The highest BCUT2D eigenvalue weighted by molar-refractivity contribution is 5.90. The van der Waals surface area contributed by atoms with Crippen molar-refractivity contribution in [1.82, 2.24) is 19.7 Å². The zero-order chi connectivity index (χ0) is 18.4. The summed E-state index contributed by atoms with van der Waals surface area (Å²) in [5, 5.41) is 9.61. The fourth-order valence-electron chi connectivity index (χ4n) is 2.50. The minimum Gasteiger partial charge on any atom is -0.505 e. The van der Waals surface area contributed by atoms with Gasteiger partial charge in [0.25, 0.3) is 0 Å². The minimum atomic E-state index is -0.282. The van der Waals surface area contributed by atoms with Crippen LogP contribution in [0.2, 0.25) is 0 Å². The first-order valence-electron chi connectivity index (χ1n) is 8.15. The summed E-state index contributed by atoms with van der Waals surface area (Å²) in [4.78, 5) is 8.62. The van der Waals surface area contributed by atoms with Crippen LogP contribution in [0.25, 0.3) is 11.0 Å². The lowest BCUT2D eigenvalue weighted by molar-refractivity contribution is 0.335. The number of hydrogen-bond acceptors (Lipinski definition) is 6. The van der Waals surface area contributed by atoms with Gasteiger partial charge in [0.15, 0.2) is 11.5 Å². The highest BCUT2D eigenvalue weighted by Crippen LogP contribution is 2.24. The number of fused-ring (bicyclic) bond motifs is 1. The third-order valence-corrected chi connectivity index (χ3v) is 3.70. The van der Waals surface area contributed by atoms with Crippen LogP contribution in [0.4, 0.5) is 10.2 Å². The fraction of sp³-hybridized carbons (Fsp3) is 0.222. The number of aromatic nitrogens is 4. The van der Waals surface area contributed by atoms with Crippen LogP contribution in [-0.4, -0.2) is 33.1 Å². The summed E-state index contributed by atoms with van der Waals surface area (Å²) >= 11 is 0. The van der Waals surface area contributed by atoms with Crippen LogP contribution < -0.4 is 5.43 Å². The Morgan fingerprint density at radius 3 is 2.81 bits per heavy atom. The highest BCUT2D eigenvalue weighted by Gasteiger charge is 2.14. The molecule has 26 heavy (non-hydrogen) atoms. The van der Waals surface area contributed by atoms with E-state index in [0.717, 1.165) is 28.7 Å². The molecule has 3 rings (SSSR count). The van der Waals surface area contributed by atoms with Crippen molar-refractivity contribution in [3.05, 3.63) is 60.0 Å². The molecule has 0 aliphatic rings. The van der Waals surface area contributed by atoms with Gasteiger partial charge >= 0.3 is 0 Å². The van der Waals surface area contributed by atoms with Gasteiger partial charge in [-0.3, -0.25) is 5.43 Å². The second kappa shape index (κ2) is 8.19. The number of hydrazone groups is 1. The van der Waals surface area contributed by atoms with Gasteiger partial charge in [-0.2, -0.15) is 10.2 Å². The molecule has 2 aromatic heterocycles. The van der Waals surface area contributed by atoms with E-state index in [0.29, 0.717) is 12.4 Å². The van der Waals surface area contributed by atoms with Gasteiger partial charge in [-0.05, 0) is 30.2 Å². The van der Waals surface area contributed by atoms with Gasteiger partial charge in [0.2, 0.25) is 0 Å². The van der Waals surface area contributed by atoms with Crippen LogP contribution >= 0.6 is 0 Å². The van der Waals surface area contributed by atoms with Crippen molar-refractivity contribution >= 4 is 23.1 Å². The fourth-order valence-corrected chi connectivity index (χ4v) is 2.50. The largest absolute Gasteiger partial charge is 0.505 e. The monoisotopic (exact) mass is 354 g/mol. The van der Waals surface area contributed by atoms with Gasteiger partial charge in [0, 0.05) is 0 Å². The van der Waals surface area contributed by atoms with Crippen LogP contribution in [0.5, 0.6) is 0 Å². The minimum absolute atomic E-state index is 0.282. The van der Waals surface area contributed by atoms with E-state index < -0.39 is 0 Å². The lowest BCUT2D eigenvalue weighted by Gasteiger charge is -2.02. The zero-order valence-corrected chi connectivity index (χ0v) is 14.6. The number of aryl methyl sites for hydroxylation is 1. The molecule has 1 N–H and O–H groups in total. The molecule has 2 heterocycles. The Labute approximate surface area is 150 Å². The predicted octanol–water partition coefficient (Wildman–Crippen LogP) is 3.13. The van der Waals surface area contributed by atoms with Gasteiger partial charge in [-0.1, -0.05) is 19.1 Å². The molecule has 3 aromatic rings. The van der Waals surface area contributed by atoms with Gasteiger partial charge in [-0.25, -0.2) is 19.0 Å². The molecule has 0 bridgehead atoms. The average Bonchev–Trinajstić information content (AvgIpc) is 3.02. The third kappa shape index (κ3) is 3.85. The Kier molecular flexibility index (Phi) is 5.52. The number of hydrogen-bond donors (Lipinski definition) is 1. The van der Waals surface area contributed by atoms with Gasteiger partial charge in [-0.15, -0.1) is 0 Å². The molecular formula is C18H19FN6O. The molecule has 0 atom stereocenters. The van der Waals surface area contributed by atoms with Crippen LogP contribution in [0.1, 0.15) is 18.2 Å². The molecule has 0 fully saturated rings. The molecule has 0 unspecified atom stereocenters. The third-order valence-electron chi connectivity index (χ3n) is 3.70. The molecule has 8 heteroatoms. The number of rotatable bonds is 7. The Morgan fingerprint density at radius 2 is 2.08 bits per heavy atom. The SMILES string of the molecule is CCc1nn(C/C=C/OC)c2ncnc(N/N=C/c3ccc(F)cc3)c12. The topological polar surface area (TPSA) is 77.2 Å². The average molecular weight is 354 g/mol. The summed E-state index contributed by atoms with van der Waals surface area (Å²) < 4.78 is 19.7. The second-order valence-corrected chi connectivity index (χ2v) is 5.43. The van der Waals surface area contributed by atoms with E-state index in [9.17, 15) is 4.39 Å². The molecule has 0 spiro atoms. The first-order chi connectivity index (χ1) is 12.7. The Bertz CT molecular complexity index is 933. The summed E-state index contributed by atoms with van der Waals surface area (Å²) in [6, 6.07) is 6.06. The molecule has 134 valence electrons. The maximum atomic E-state index is 12.9. The maximum Gasteiger partial charge on any atom is 0.163 e. The van der Waals surface area contributed by atoms with Crippen LogP contribution in [0.15, 0.2) is 48.0 Å².